The van der Waals surface area contributed by atoms with Gasteiger partial charge in [0.05, 0.1) is 0 Å². The Morgan fingerprint density at radius 3 is 2.58 bits per heavy atom. The van der Waals surface area contributed by atoms with Gasteiger partial charge in [-0.2, -0.15) is 4.37 Å². The molecule has 102 valence electrons. The first-order valence-corrected chi connectivity index (χ1v) is 8.11. The lowest BCUT2D eigenvalue weighted by Crippen LogP contribution is -2.17. The highest BCUT2D eigenvalue weighted by Gasteiger charge is 2.23. The molecule has 8 heteroatoms. The minimum atomic E-state index is -3.39. The Bertz CT molecular complexity index is 667. The van der Waals surface area contributed by atoms with Gasteiger partial charge in [-0.25, -0.2) is 8.42 Å². The number of rotatable bonds is 4. The zero-order valence-corrected chi connectivity index (χ0v) is 12.2. The summed E-state index contributed by atoms with van der Waals surface area (Å²) >= 11 is 1.09. The highest BCUT2D eigenvalue weighted by molar-refractivity contribution is 7.91. The van der Waals surface area contributed by atoms with Gasteiger partial charge in [0, 0.05) is 32.2 Å². The molecule has 0 radical (unpaired) electrons. The number of aromatic nitrogens is 2. The predicted octanol–water partition coefficient (Wildman–Crippen LogP) is 1.16. The lowest BCUT2D eigenvalue weighted by Gasteiger charge is -2.18. The summed E-state index contributed by atoms with van der Waals surface area (Å²) in [4.78, 5) is 5.87. The summed E-state index contributed by atoms with van der Waals surface area (Å²) in [6.07, 6.45) is 4.53. The normalized spacial score (nSPS) is 11.5. The molecule has 0 unspecified atom stereocenters. The molecule has 0 fully saturated rings. The molecule has 19 heavy (non-hydrogen) atoms. The van der Waals surface area contributed by atoms with Gasteiger partial charge in [0.1, 0.15) is 9.90 Å². The molecule has 0 aliphatic rings. The Hall–Kier alpha value is -1.67. The Balaban J connectivity index is 2.33. The number of hydrogen-bond donors (Lipinski definition) is 1. The third-order valence-electron chi connectivity index (χ3n) is 2.54. The maximum Gasteiger partial charge on any atom is 0.182 e. The molecule has 0 aliphatic heterocycles. The van der Waals surface area contributed by atoms with Gasteiger partial charge in [-0.15, -0.1) is 0 Å². The van der Waals surface area contributed by atoms with E-state index >= 15 is 0 Å². The first-order chi connectivity index (χ1) is 8.89. The Morgan fingerprint density at radius 2 is 2.00 bits per heavy atom. The average molecular weight is 298 g/mol. The van der Waals surface area contributed by atoms with Crippen LogP contribution in [0.1, 0.15) is 5.56 Å². The molecule has 0 aromatic carbocycles. The van der Waals surface area contributed by atoms with Gasteiger partial charge in [-0.1, -0.05) is 0 Å². The Labute approximate surface area is 116 Å². The second-order valence-electron chi connectivity index (χ2n) is 4.19. The van der Waals surface area contributed by atoms with Crippen molar-refractivity contribution in [2.45, 2.75) is 11.4 Å². The predicted molar refractivity (Wildman–Crippen MR) is 76.0 cm³/mol. The van der Waals surface area contributed by atoms with Crippen LogP contribution in [-0.4, -0.2) is 31.1 Å². The SMILES string of the molecule is CN(Cc1ccncc1)c1snc(N)c1S(C)(=O)=O. The number of nitrogens with two attached hydrogens (primary N) is 1. The number of sulfone groups is 1. The smallest absolute Gasteiger partial charge is 0.182 e. The standard InChI is InChI=1S/C11H14N4O2S2/c1-15(7-8-3-5-13-6-4-8)11-9(19(2,16)17)10(12)14-18-11/h3-6H,7H2,1-2H3,(H2,12,14). The number of pyridine rings is 1. The van der Waals surface area contributed by atoms with E-state index in [1.165, 1.54) is 0 Å². The zero-order valence-electron chi connectivity index (χ0n) is 10.6. The minimum Gasteiger partial charge on any atom is -0.382 e. The van der Waals surface area contributed by atoms with E-state index in [2.05, 4.69) is 9.36 Å². The van der Waals surface area contributed by atoms with E-state index in [0.717, 1.165) is 23.4 Å². The molecule has 0 aliphatic carbocycles. The molecular formula is C11H14N4O2S2. The number of hydrogen-bond acceptors (Lipinski definition) is 7. The van der Waals surface area contributed by atoms with Gasteiger partial charge in [0.2, 0.25) is 0 Å². The van der Waals surface area contributed by atoms with Crippen molar-refractivity contribution < 1.29 is 8.42 Å². The second-order valence-corrected chi connectivity index (χ2v) is 6.89. The maximum absolute atomic E-state index is 11.7. The van der Waals surface area contributed by atoms with Gasteiger partial charge < -0.3 is 10.6 Å². The molecule has 2 heterocycles. The summed E-state index contributed by atoms with van der Waals surface area (Å²) in [6.45, 7) is 0.562. The molecule has 2 N–H and O–H groups in total. The van der Waals surface area contributed by atoms with Crippen molar-refractivity contribution in [3.05, 3.63) is 30.1 Å². The first kappa shape index (κ1) is 13.8. The van der Waals surface area contributed by atoms with Crippen molar-refractivity contribution in [1.82, 2.24) is 9.36 Å². The average Bonchev–Trinajstić information content (AvgIpc) is 2.72. The van der Waals surface area contributed by atoms with Crippen molar-refractivity contribution in [3.63, 3.8) is 0 Å². The van der Waals surface area contributed by atoms with E-state index in [9.17, 15) is 8.42 Å². The van der Waals surface area contributed by atoms with Crippen LogP contribution in [0.4, 0.5) is 10.8 Å². The molecule has 2 rings (SSSR count). The lowest BCUT2D eigenvalue weighted by atomic mass is 10.2. The van der Waals surface area contributed by atoms with Crippen LogP contribution in [-0.2, 0) is 16.4 Å². The van der Waals surface area contributed by atoms with Crippen LogP contribution in [0.15, 0.2) is 29.4 Å². The van der Waals surface area contributed by atoms with Gasteiger partial charge in [0.25, 0.3) is 0 Å². The van der Waals surface area contributed by atoms with E-state index in [0.29, 0.717) is 11.5 Å². The van der Waals surface area contributed by atoms with Crippen LogP contribution >= 0.6 is 11.5 Å². The number of nitrogens with zero attached hydrogens (tertiary/aromatic N) is 3. The summed E-state index contributed by atoms with van der Waals surface area (Å²) in [5.41, 5.74) is 6.67. The monoisotopic (exact) mass is 298 g/mol. The molecule has 0 amide bonds. The van der Waals surface area contributed by atoms with Crippen LogP contribution < -0.4 is 10.6 Å². The number of anilines is 2. The van der Waals surface area contributed by atoms with Crippen molar-refractivity contribution in [1.29, 1.82) is 0 Å². The first-order valence-electron chi connectivity index (χ1n) is 5.45. The molecule has 6 nitrogen and oxygen atoms in total. The van der Waals surface area contributed by atoms with Crippen LogP contribution in [0.25, 0.3) is 0 Å². The molecule has 0 atom stereocenters. The fraction of sp³-hybridized carbons (Fsp3) is 0.273. The third kappa shape index (κ3) is 3.02. The molecule has 2 aromatic heterocycles. The Morgan fingerprint density at radius 1 is 1.37 bits per heavy atom. The van der Waals surface area contributed by atoms with Crippen molar-refractivity contribution in [3.8, 4) is 0 Å². The Kier molecular flexibility index (Phi) is 3.72. The summed E-state index contributed by atoms with van der Waals surface area (Å²) < 4.78 is 27.4. The minimum absolute atomic E-state index is 0.0593. The second kappa shape index (κ2) is 5.14. The molecule has 0 bridgehead atoms. The molecule has 0 spiro atoms. The summed E-state index contributed by atoms with van der Waals surface area (Å²) in [5, 5.41) is 0.553. The van der Waals surface area contributed by atoms with E-state index in [1.54, 1.807) is 12.4 Å². The molecule has 0 saturated heterocycles. The quantitative estimate of drug-likeness (QED) is 0.911. The van der Waals surface area contributed by atoms with Gasteiger partial charge in [0.15, 0.2) is 15.7 Å². The van der Waals surface area contributed by atoms with Crippen LogP contribution in [0.5, 0.6) is 0 Å². The van der Waals surface area contributed by atoms with E-state index in [-0.39, 0.29) is 10.7 Å². The molecule has 0 saturated carbocycles. The maximum atomic E-state index is 11.7. The van der Waals surface area contributed by atoms with E-state index in [1.807, 2.05) is 24.1 Å². The summed E-state index contributed by atoms with van der Waals surface area (Å²) in [6, 6.07) is 3.75. The number of nitrogen functional groups attached to an aromatic ring is 1. The zero-order chi connectivity index (χ0) is 14.0. The van der Waals surface area contributed by atoms with E-state index in [4.69, 9.17) is 5.73 Å². The summed E-state index contributed by atoms with van der Waals surface area (Å²) in [7, 11) is -1.58. The fourth-order valence-corrected chi connectivity index (χ4v) is 3.90. The fourth-order valence-electron chi connectivity index (χ4n) is 1.71. The highest BCUT2D eigenvalue weighted by Crippen LogP contribution is 2.34. The van der Waals surface area contributed by atoms with Gasteiger partial charge >= 0.3 is 0 Å². The topological polar surface area (TPSA) is 89.2 Å². The third-order valence-corrected chi connectivity index (χ3v) is 4.79. The lowest BCUT2D eigenvalue weighted by molar-refractivity contribution is 0.602. The van der Waals surface area contributed by atoms with Crippen molar-refractivity contribution in [2.24, 2.45) is 0 Å². The van der Waals surface area contributed by atoms with Crippen LogP contribution in [0, 0.1) is 0 Å². The molecular weight excluding hydrogens is 284 g/mol. The van der Waals surface area contributed by atoms with Gasteiger partial charge in [-0.3, -0.25) is 4.98 Å². The molecule has 2 aromatic rings. The van der Waals surface area contributed by atoms with Crippen molar-refractivity contribution in [2.75, 3.05) is 23.9 Å². The van der Waals surface area contributed by atoms with E-state index < -0.39 is 9.84 Å². The van der Waals surface area contributed by atoms with Gasteiger partial charge in [-0.05, 0) is 29.2 Å². The largest absolute Gasteiger partial charge is 0.382 e. The van der Waals surface area contributed by atoms with Crippen LogP contribution in [0.2, 0.25) is 0 Å². The highest BCUT2D eigenvalue weighted by atomic mass is 32.2. The van der Waals surface area contributed by atoms with Crippen LogP contribution in [0.3, 0.4) is 0 Å². The van der Waals surface area contributed by atoms with Crippen molar-refractivity contribution >= 4 is 32.2 Å². The summed E-state index contributed by atoms with van der Waals surface area (Å²) in [5.74, 6) is 0.0593.